The molecule has 0 amide bonds. The summed E-state index contributed by atoms with van der Waals surface area (Å²) in [7, 11) is 1.49. The molecule has 7 heteroatoms. The van der Waals surface area contributed by atoms with Crippen LogP contribution < -0.4 is 14.9 Å². The number of nitrogens with zero attached hydrogens (tertiary/aromatic N) is 1. The van der Waals surface area contributed by atoms with Gasteiger partial charge in [-0.15, -0.1) is 0 Å². The lowest BCUT2D eigenvalue weighted by Gasteiger charge is -2.31. The second-order valence-electron chi connectivity index (χ2n) is 6.05. The van der Waals surface area contributed by atoms with Gasteiger partial charge in [0.2, 0.25) is 0 Å². The molecule has 2 heterocycles. The molecule has 1 unspecified atom stereocenters. The molecule has 1 aromatic carbocycles. The van der Waals surface area contributed by atoms with Crippen molar-refractivity contribution < 1.29 is 24.2 Å². The van der Waals surface area contributed by atoms with Crippen LogP contribution in [0.4, 0.5) is 0 Å². The van der Waals surface area contributed by atoms with Crippen molar-refractivity contribution in [3.05, 3.63) is 45.7 Å². The molecule has 0 fully saturated rings. The van der Waals surface area contributed by atoms with Crippen molar-refractivity contribution in [3.63, 3.8) is 0 Å². The third-order valence-corrected chi connectivity index (χ3v) is 4.60. The highest BCUT2D eigenvalue weighted by Gasteiger charge is 2.26. The highest BCUT2D eigenvalue weighted by Crippen LogP contribution is 2.41. The average Bonchev–Trinajstić information content (AvgIpc) is 2.64. The number of carbonyl (C=O) groups excluding carboxylic acids is 1. The van der Waals surface area contributed by atoms with Crippen LogP contribution in [0, 0.1) is 0 Å². The average molecular weight is 357 g/mol. The van der Waals surface area contributed by atoms with Crippen molar-refractivity contribution >= 4 is 12.3 Å². The van der Waals surface area contributed by atoms with Gasteiger partial charge in [0, 0.05) is 23.9 Å². The fourth-order valence-corrected chi connectivity index (χ4v) is 3.33. The Bertz CT molecular complexity index is 930. The summed E-state index contributed by atoms with van der Waals surface area (Å²) in [5, 5.41) is 9.24. The fraction of sp³-hybridized carbons (Fsp3) is 0.316. The standard InChI is InChI=1S/C19H19NO6/c1-3-12-6-11-7-18(26-5-4-21)17(25-2)8-13(11)15-9-16(22)14(19(23)24)10-20(12)15/h4,7-10,12H,3,5-6H2,1-2H3,(H,23,24). The van der Waals surface area contributed by atoms with Crippen LogP contribution in [0.15, 0.2) is 29.2 Å². The van der Waals surface area contributed by atoms with E-state index >= 15 is 0 Å². The first-order valence-electron chi connectivity index (χ1n) is 8.27. The third-order valence-electron chi connectivity index (χ3n) is 4.60. The summed E-state index contributed by atoms with van der Waals surface area (Å²) in [5.41, 5.74) is 1.62. The van der Waals surface area contributed by atoms with E-state index in [0.29, 0.717) is 29.9 Å². The molecular formula is C19H19NO6. The van der Waals surface area contributed by atoms with Crippen LogP contribution in [0.1, 0.15) is 35.3 Å². The summed E-state index contributed by atoms with van der Waals surface area (Å²) in [5.74, 6) is -0.325. The Balaban J connectivity index is 2.22. The van der Waals surface area contributed by atoms with Gasteiger partial charge in [-0.1, -0.05) is 6.92 Å². The van der Waals surface area contributed by atoms with Gasteiger partial charge in [-0.2, -0.15) is 0 Å². The minimum absolute atomic E-state index is 0.0171. The number of carboxylic acids is 1. The highest BCUT2D eigenvalue weighted by molar-refractivity contribution is 5.87. The number of ether oxygens (including phenoxy) is 2. The first-order chi connectivity index (χ1) is 12.5. The van der Waals surface area contributed by atoms with E-state index in [9.17, 15) is 19.5 Å². The van der Waals surface area contributed by atoms with Crippen LogP contribution in [0.5, 0.6) is 11.5 Å². The number of fused-ring (bicyclic) bond motifs is 3. The molecule has 0 saturated heterocycles. The largest absolute Gasteiger partial charge is 0.493 e. The van der Waals surface area contributed by atoms with Crippen molar-refractivity contribution in [2.24, 2.45) is 0 Å². The molecule has 1 N–H and O–H groups in total. The normalized spacial score (nSPS) is 14.9. The Morgan fingerprint density at radius 2 is 2.12 bits per heavy atom. The van der Waals surface area contributed by atoms with Crippen molar-refractivity contribution in [1.82, 2.24) is 4.57 Å². The number of hydrogen-bond acceptors (Lipinski definition) is 5. The van der Waals surface area contributed by atoms with E-state index in [0.717, 1.165) is 17.5 Å². The monoisotopic (exact) mass is 357 g/mol. The number of aromatic carboxylic acids is 1. The number of aromatic nitrogens is 1. The summed E-state index contributed by atoms with van der Waals surface area (Å²) in [6, 6.07) is 4.95. The molecule has 3 rings (SSSR count). The Kier molecular flexibility index (Phi) is 4.79. The minimum Gasteiger partial charge on any atom is -0.493 e. The molecular weight excluding hydrogens is 338 g/mol. The van der Waals surface area contributed by atoms with Gasteiger partial charge in [0.1, 0.15) is 12.2 Å². The predicted octanol–water partition coefficient (Wildman–Crippen LogP) is 2.31. The van der Waals surface area contributed by atoms with E-state index in [4.69, 9.17) is 9.47 Å². The zero-order chi connectivity index (χ0) is 18.8. The number of methoxy groups -OCH3 is 1. The van der Waals surface area contributed by atoms with Crippen LogP contribution in [-0.4, -0.2) is 35.6 Å². The summed E-state index contributed by atoms with van der Waals surface area (Å²) in [6.07, 6.45) is 3.50. The molecule has 0 aliphatic carbocycles. The lowest BCUT2D eigenvalue weighted by molar-refractivity contribution is -0.109. The number of aldehydes is 1. The van der Waals surface area contributed by atoms with E-state index in [2.05, 4.69) is 0 Å². The fourth-order valence-electron chi connectivity index (χ4n) is 3.33. The van der Waals surface area contributed by atoms with Gasteiger partial charge in [-0.25, -0.2) is 4.79 Å². The number of benzene rings is 1. The first kappa shape index (κ1) is 17.7. The number of carbonyl (C=O) groups is 2. The number of rotatable bonds is 6. The molecule has 0 spiro atoms. The minimum atomic E-state index is -1.24. The molecule has 0 bridgehead atoms. The first-order valence-corrected chi connectivity index (χ1v) is 8.27. The van der Waals surface area contributed by atoms with Gasteiger partial charge in [0.15, 0.2) is 23.2 Å². The second-order valence-corrected chi connectivity index (χ2v) is 6.05. The molecule has 136 valence electrons. The lowest BCUT2D eigenvalue weighted by atomic mass is 9.90. The molecule has 0 saturated carbocycles. The molecule has 1 atom stereocenters. The molecule has 1 aliphatic heterocycles. The van der Waals surface area contributed by atoms with Crippen LogP contribution >= 0.6 is 0 Å². The summed E-state index contributed by atoms with van der Waals surface area (Å²) >= 11 is 0. The Morgan fingerprint density at radius 1 is 1.35 bits per heavy atom. The summed E-state index contributed by atoms with van der Waals surface area (Å²) in [4.78, 5) is 34.1. The molecule has 1 aromatic heterocycles. The molecule has 1 aliphatic rings. The van der Waals surface area contributed by atoms with Crippen LogP contribution in [-0.2, 0) is 11.2 Å². The van der Waals surface area contributed by atoms with Crippen LogP contribution in [0.25, 0.3) is 11.3 Å². The quantitative estimate of drug-likeness (QED) is 0.797. The van der Waals surface area contributed by atoms with Crippen molar-refractivity contribution in [1.29, 1.82) is 0 Å². The number of hydrogen-bond donors (Lipinski definition) is 1. The van der Waals surface area contributed by atoms with Crippen molar-refractivity contribution in [3.8, 4) is 22.8 Å². The van der Waals surface area contributed by atoms with E-state index in [-0.39, 0.29) is 18.2 Å². The van der Waals surface area contributed by atoms with Gasteiger partial charge >= 0.3 is 5.97 Å². The van der Waals surface area contributed by atoms with Gasteiger partial charge in [-0.05, 0) is 30.5 Å². The maximum atomic E-state index is 12.2. The molecule has 7 nitrogen and oxygen atoms in total. The Labute approximate surface area is 149 Å². The third kappa shape index (κ3) is 2.96. The molecule has 2 aromatic rings. The second kappa shape index (κ2) is 7.03. The topological polar surface area (TPSA) is 94.8 Å². The molecule has 0 radical (unpaired) electrons. The maximum Gasteiger partial charge on any atom is 0.341 e. The van der Waals surface area contributed by atoms with Crippen LogP contribution in [0.3, 0.4) is 0 Å². The van der Waals surface area contributed by atoms with Gasteiger partial charge in [0.25, 0.3) is 0 Å². The highest BCUT2D eigenvalue weighted by atomic mass is 16.5. The summed E-state index contributed by atoms with van der Waals surface area (Å²) in [6.45, 7) is 1.93. The molecule has 26 heavy (non-hydrogen) atoms. The SMILES string of the molecule is CCC1Cc2cc(OCC=O)c(OC)cc2-c2cc(=O)c(C(=O)O)cn21. The number of pyridine rings is 1. The van der Waals surface area contributed by atoms with E-state index in [1.54, 1.807) is 6.07 Å². The van der Waals surface area contributed by atoms with E-state index in [1.807, 2.05) is 17.6 Å². The van der Waals surface area contributed by atoms with Gasteiger partial charge in [0.05, 0.1) is 12.8 Å². The Hall–Kier alpha value is -3.09. The zero-order valence-electron chi connectivity index (χ0n) is 14.5. The van der Waals surface area contributed by atoms with E-state index < -0.39 is 11.4 Å². The summed E-state index contributed by atoms with van der Waals surface area (Å²) < 4.78 is 12.6. The zero-order valence-corrected chi connectivity index (χ0v) is 14.5. The lowest BCUT2D eigenvalue weighted by Crippen LogP contribution is -2.25. The predicted molar refractivity (Wildman–Crippen MR) is 94.2 cm³/mol. The van der Waals surface area contributed by atoms with Crippen LogP contribution in [0.2, 0.25) is 0 Å². The maximum absolute atomic E-state index is 12.2. The van der Waals surface area contributed by atoms with Crippen molar-refractivity contribution in [2.75, 3.05) is 13.7 Å². The van der Waals surface area contributed by atoms with Gasteiger partial charge < -0.3 is 19.1 Å². The smallest absolute Gasteiger partial charge is 0.341 e. The van der Waals surface area contributed by atoms with Crippen molar-refractivity contribution in [2.45, 2.75) is 25.8 Å². The Morgan fingerprint density at radius 3 is 2.73 bits per heavy atom. The van der Waals surface area contributed by atoms with Gasteiger partial charge in [-0.3, -0.25) is 9.59 Å². The van der Waals surface area contributed by atoms with E-state index in [1.165, 1.54) is 19.4 Å². The number of carboxylic acid groups (broad SMARTS) is 1.